The van der Waals surface area contributed by atoms with Crippen LogP contribution in [0.3, 0.4) is 0 Å². The van der Waals surface area contributed by atoms with E-state index in [0.717, 1.165) is 17.3 Å². The molecule has 0 unspecified atom stereocenters. The minimum absolute atomic E-state index is 0.568. The predicted octanol–water partition coefficient (Wildman–Crippen LogP) is 2.25. The summed E-state index contributed by atoms with van der Waals surface area (Å²) in [7, 11) is 1.96. The zero-order chi connectivity index (χ0) is 11.7. The van der Waals surface area contributed by atoms with E-state index in [2.05, 4.69) is 20.2 Å². The summed E-state index contributed by atoms with van der Waals surface area (Å²) in [6.07, 6.45) is 10.0. The van der Waals surface area contributed by atoms with Crippen LogP contribution < -0.4 is 0 Å². The average molecular weight is 231 g/mol. The van der Waals surface area contributed by atoms with Gasteiger partial charge in [-0.3, -0.25) is 5.10 Å². The maximum atomic E-state index is 4.61. The maximum Gasteiger partial charge on any atom is 0.199 e. The van der Waals surface area contributed by atoms with Gasteiger partial charge in [0.25, 0.3) is 0 Å². The van der Waals surface area contributed by atoms with Gasteiger partial charge < -0.3 is 4.57 Å². The van der Waals surface area contributed by atoms with Crippen molar-refractivity contribution in [3.63, 3.8) is 0 Å². The zero-order valence-electron chi connectivity index (χ0n) is 10.1. The van der Waals surface area contributed by atoms with Gasteiger partial charge in [-0.15, -0.1) is 0 Å². The van der Waals surface area contributed by atoms with Gasteiger partial charge in [-0.25, -0.2) is 9.97 Å². The van der Waals surface area contributed by atoms with E-state index in [4.69, 9.17) is 0 Å². The normalized spacial score (nSPS) is 17.5. The molecule has 2 aromatic heterocycles. The Bertz CT molecular complexity index is 492. The second-order valence-corrected chi connectivity index (χ2v) is 4.77. The quantitative estimate of drug-likeness (QED) is 0.862. The van der Waals surface area contributed by atoms with Gasteiger partial charge in [-0.05, 0) is 12.8 Å². The number of aromatic amines is 1. The molecule has 1 fully saturated rings. The van der Waals surface area contributed by atoms with Crippen LogP contribution in [0, 0.1) is 0 Å². The van der Waals surface area contributed by atoms with Gasteiger partial charge >= 0.3 is 0 Å². The largest absolute Gasteiger partial charge is 0.331 e. The summed E-state index contributed by atoms with van der Waals surface area (Å²) in [5.41, 5.74) is 0.961. The maximum absolute atomic E-state index is 4.61. The summed E-state index contributed by atoms with van der Waals surface area (Å²) in [4.78, 5) is 8.70. The van der Waals surface area contributed by atoms with Gasteiger partial charge in [0.2, 0.25) is 0 Å². The van der Waals surface area contributed by atoms with Crippen molar-refractivity contribution < 1.29 is 0 Å². The lowest BCUT2D eigenvalue weighted by atomic mass is 9.89. The molecule has 5 heteroatoms. The highest BCUT2D eigenvalue weighted by atomic mass is 15.2. The van der Waals surface area contributed by atoms with Crippen molar-refractivity contribution in [2.75, 3.05) is 0 Å². The average Bonchev–Trinajstić information content (AvgIpc) is 2.98. The first-order chi connectivity index (χ1) is 8.34. The number of hydrogen-bond acceptors (Lipinski definition) is 3. The first-order valence-corrected chi connectivity index (χ1v) is 6.23. The number of aromatic nitrogens is 5. The molecule has 17 heavy (non-hydrogen) atoms. The van der Waals surface area contributed by atoms with Crippen LogP contribution in [-0.2, 0) is 7.05 Å². The third-order valence-electron chi connectivity index (χ3n) is 3.54. The molecule has 5 nitrogen and oxygen atoms in total. The third kappa shape index (κ3) is 1.97. The van der Waals surface area contributed by atoms with Crippen LogP contribution in [0.1, 0.15) is 43.8 Å². The number of imidazole rings is 1. The van der Waals surface area contributed by atoms with Crippen molar-refractivity contribution in [1.82, 2.24) is 24.7 Å². The molecule has 1 N–H and O–H groups in total. The molecule has 0 aromatic carbocycles. The van der Waals surface area contributed by atoms with Crippen molar-refractivity contribution in [3.05, 3.63) is 18.3 Å². The molecule has 0 bridgehead atoms. The van der Waals surface area contributed by atoms with Crippen LogP contribution in [-0.4, -0.2) is 24.7 Å². The minimum Gasteiger partial charge on any atom is -0.331 e. The van der Waals surface area contributed by atoms with Gasteiger partial charge in [-0.1, -0.05) is 19.3 Å². The SMILES string of the molecule is Cn1cncc1-c1n[nH]c(C2CCCCC2)n1. The summed E-state index contributed by atoms with van der Waals surface area (Å²) in [5, 5.41) is 7.39. The highest BCUT2D eigenvalue weighted by Gasteiger charge is 2.20. The van der Waals surface area contributed by atoms with Gasteiger partial charge in [0.15, 0.2) is 5.82 Å². The molecular weight excluding hydrogens is 214 g/mol. The number of aryl methyl sites for hydroxylation is 1. The molecule has 90 valence electrons. The van der Waals surface area contributed by atoms with E-state index in [-0.39, 0.29) is 0 Å². The number of nitrogens with one attached hydrogen (secondary N) is 1. The van der Waals surface area contributed by atoms with Crippen molar-refractivity contribution in [1.29, 1.82) is 0 Å². The molecule has 0 amide bonds. The van der Waals surface area contributed by atoms with Gasteiger partial charge in [0, 0.05) is 13.0 Å². The Labute approximate surface area is 100 Å². The third-order valence-corrected chi connectivity index (χ3v) is 3.54. The Morgan fingerprint density at radius 3 is 2.82 bits per heavy atom. The van der Waals surface area contributed by atoms with Gasteiger partial charge in [-0.2, -0.15) is 5.10 Å². The van der Waals surface area contributed by atoms with E-state index in [0.29, 0.717) is 5.92 Å². The van der Waals surface area contributed by atoms with Crippen LogP contribution >= 0.6 is 0 Å². The van der Waals surface area contributed by atoms with Crippen LogP contribution in [0.25, 0.3) is 11.5 Å². The predicted molar refractivity (Wildman–Crippen MR) is 64.4 cm³/mol. The topological polar surface area (TPSA) is 59.4 Å². The molecule has 0 radical (unpaired) electrons. The second kappa shape index (κ2) is 4.31. The highest BCUT2D eigenvalue weighted by molar-refractivity contribution is 5.47. The van der Waals surface area contributed by atoms with Crippen LogP contribution in [0.15, 0.2) is 12.5 Å². The number of nitrogens with zero attached hydrogens (tertiary/aromatic N) is 4. The van der Waals surface area contributed by atoms with E-state index in [9.17, 15) is 0 Å². The van der Waals surface area contributed by atoms with Crippen LogP contribution in [0.5, 0.6) is 0 Å². The molecule has 0 spiro atoms. The fraction of sp³-hybridized carbons (Fsp3) is 0.583. The molecule has 1 saturated carbocycles. The first-order valence-electron chi connectivity index (χ1n) is 6.23. The Kier molecular flexibility index (Phi) is 2.66. The Hall–Kier alpha value is -1.65. The van der Waals surface area contributed by atoms with Crippen molar-refractivity contribution in [3.8, 4) is 11.5 Å². The smallest absolute Gasteiger partial charge is 0.199 e. The second-order valence-electron chi connectivity index (χ2n) is 4.77. The van der Waals surface area contributed by atoms with E-state index in [1.165, 1.54) is 32.1 Å². The minimum atomic E-state index is 0.568. The molecule has 3 rings (SSSR count). The molecule has 2 heterocycles. The molecular formula is C12H17N5. The summed E-state index contributed by atoms with van der Waals surface area (Å²) >= 11 is 0. The Morgan fingerprint density at radius 2 is 2.12 bits per heavy atom. The lowest BCUT2D eigenvalue weighted by molar-refractivity contribution is 0.429. The van der Waals surface area contributed by atoms with Crippen LogP contribution in [0.4, 0.5) is 0 Å². The van der Waals surface area contributed by atoms with Crippen molar-refractivity contribution >= 4 is 0 Å². The summed E-state index contributed by atoms with van der Waals surface area (Å²) in [6, 6.07) is 0. The monoisotopic (exact) mass is 231 g/mol. The number of hydrogen-bond donors (Lipinski definition) is 1. The highest BCUT2D eigenvalue weighted by Crippen LogP contribution is 2.31. The Balaban J connectivity index is 1.85. The van der Waals surface area contributed by atoms with Crippen molar-refractivity contribution in [2.24, 2.45) is 7.05 Å². The van der Waals surface area contributed by atoms with E-state index in [1.54, 1.807) is 12.5 Å². The lowest BCUT2D eigenvalue weighted by Crippen LogP contribution is -2.06. The van der Waals surface area contributed by atoms with Crippen molar-refractivity contribution in [2.45, 2.75) is 38.0 Å². The van der Waals surface area contributed by atoms with E-state index < -0.39 is 0 Å². The number of H-pyrrole nitrogens is 1. The molecule has 2 aromatic rings. The molecule has 1 aliphatic carbocycles. The zero-order valence-corrected chi connectivity index (χ0v) is 10.1. The fourth-order valence-electron chi connectivity index (χ4n) is 2.52. The molecule has 1 aliphatic rings. The summed E-state index contributed by atoms with van der Waals surface area (Å²) in [6.45, 7) is 0. The fourth-order valence-corrected chi connectivity index (χ4v) is 2.52. The lowest BCUT2D eigenvalue weighted by Gasteiger charge is -2.18. The first kappa shape index (κ1) is 10.5. The summed E-state index contributed by atoms with van der Waals surface area (Å²) < 4.78 is 1.94. The van der Waals surface area contributed by atoms with Crippen LogP contribution in [0.2, 0.25) is 0 Å². The van der Waals surface area contributed by atoms with E-state index >= 15 is 0 Å². The summed E-state index contributed by atoms with van der Waals surface area (Å²) in [5.74, 6) is 2.37. The van der Waals surface area contributed by atoms with Gasteiger partial charge in [0.05, 0.1) is 12.5 Å². The molecule has 0 aliphatic heterocycles. The molecule has 0 atom stereocenters. The Morgan fingerprint density at radius 1 is 1.29 bits per heavy atom. The van der Waals surface area contributed by atoms with E-state index in [1.807, 2.05) is 11.6 Å². The standard InChI is InChI=1S/C12H17N5/c1-17-8-13-7-10(17)12-14-11(15-16-12)9-5-3-2-4-6-9/h7-9H,2-6H2,1H3,(H,14,15,16). The van der Waals surface area contributed by atoms with Gasteiger partial charge in [0.1, 0.15) is 11.5 Å². The molecule has 0 saturated heterocycles. The number of rotatable bonds is 2.